The molecule has 0 spiro atoms. The van der Waals surface area contributed by atoms with Crippen molar-refractivity contribution in [3.8, 4) is 16.9 Å². The molecule has 4 heteroatoms. The zero-order valence-electron chi connectivity index (χ0n) is 20.1. The Bertz CT molecular complexity index is 739. The fourth-order valence-corrected chi connectivity index (χ4v) is 4.14. The number of halogens is 2. The van der Waals surface area contributed by atoms with Crippen molar-refractivity contribution in [3.63, 3.8) is 0 Å². The molecule has 2 aromatic carbocycles. The highest BCUT2D eigenvalue weighted by Crippen LogP contribution is 2.25. The molecule has 178 valence electrons. The van der Waals surface area contributed by atoms with E-state index in [1.54, 1.807) is 0 Å². The van der Waals surface area contributed by atoms with Gasteiger partial charge in [0.15, 0.2) is 0 Å². The summed E-state index contributed by atoms with van der Waals surface area (Å²) >= 11 is 0. The van der Waals surface area contributed by atoms with Crippen molar-refractivity contribution in [3.05, 3.63) is 54.1 Å². The Morgan fingerprint density at radius 2 is 1.25 bits per heavy atom. The first-order valence-electron chi connectivity index (χ1n) is 12.5. The molecular formula is C28H41F2NO. The van der Waals surface area contributed by atoms with Crippen molar-refractivity contribution in [1.82, 2.24) is 4.90 Å². The number of nitrogens with zero attached hydrogens (tertiary/aromatic N) is 1. The molecule has 0 amide bonds. The minimum Gasteiger partial charge on any atom is -0.494 e. The molecule has 0 radical (unpaired) electrons. The van der Waals surface area contributed by atoms with E-state index in [1.165, 1.54) is 89.6 Å². The lowest BCUT2D eigenvalue weighted by molar-refractivity contribution is 0.267. The molecule has 0 fully saturated rings. The number of ether oxygens (including phenoxy) is 1. The van der Waals surface area contributed by atoms with Crippen LogP contribution in [0.3, 0.4) is 0 Å². The van der Waals surface area contributed by atoms with E-state index >= 15 is 0 Å². The Morgan fingerprint density at radius 1 is 0.656 bits per heavy atom. The van der Waals surface area contributed by atoms with Crippen LogP contribution in [0.2, 0.25) is 0 Å². The largest absolute Gasteiger partial charge is 0.494 e. The predicted molar refractivity (Wildman–Crippen MR) is 131 cm³/mol. The van der Waals surface area contributed by atoms with Gasteiger partial charge < -0.3 is 9.64 Å². The molecule has 0 aliphatic rings. The van der Waals surface area contributed by atoms with Crippen LogP contribution in [0.1, 0.15) is 78.1 Å². The van der Waals surface area contributed by atoms with Gasteiger partial charge in [0, 0.05) is 6.07 Å². The van der Waals surface area contributed by atoms with Gasteiger partial charge >= 0.3 is 0 Å². The Hall–Kier alpha value is -1.94. The summed E-state index contributed by atoms with van der Waals surface area (Å²) in [6.45, 7) is 8.94. The second kappa shape index (κ2) is 15.8. The Morgan fingerprint density at radius 3 is 1.88 bits per heavy atom. The summed E-state index contributed by atoms with van der Waals surface area (Å²) in [5.41, 5.74) is 1.28. The van der Waals surface area contributed by atoms with Gasteiger partial charge in [0.25, 0.3) is 0 Å². The van der Waals surface area contributed by atoms with E-state index in [9.17, 15) is 8.78 Å². The average Bonchev–Trinajstić information content (AvgIpc) is 2.77. The Balaban J connectivity index is 1.53. The quantitative estimate of drug-likeness (QED) is 0.227. The van der Waals surface area contributed by atoms with Crippen LogP contribution in [0.25, 0.3) is 11.1 Å². The molecule has 0 unspecified atom stereocenters. The average molecular weight is 446 g/mol. The highest BCUT2D eigenvalue weighted by atomic mass is 19.1. The lowest BCUT2D eigenvalue weighted by Gasteiger charge is -2.20. The standard InChI is InChI=1S/C28H41F2NO/c1-3-16-31(17-4-2)18-11-9-7-5-6-8-10-12-19-32-28-15-13-14-24(22-28)25-20-26(29)23-27(30)21-25/h13-15,20-23H,3-12,16-19H2,1-2H3. The molecule has 0 aliphatic heterocycles. The first-order valence-corrected chi connectivity index (χ1v) is 12.5. The van der Waals surface area contributed by atoms with E-state index in [1.807, 2.05) is 24.3 Å². The zero-order valence-corrected chi connectivity index (χ0v) is 20.1. The first-order chi connectivity index (χ1) is 15.6. The van der Waals surface area contributed by atoms with E-state index < -0.39 is 11.6 Å². The third-order valence-electron chi connectivity index (χ3n) is 5.75. The smallest absolute Gasteiger partial charge is 0.126 e. The van der Waals surface area contributed by atoms with Crippen molar-refractivity contribution in [2.45, 2.75) is 78.1 Å². The van der Waals surface area contributed by atoms with Gasteiger partial charge in [0.1, 0.15) is 17.4 Å². The summed E-state index contributed by atoms with van der Waals surface area (Å²) in [6, 6.07) is 11.0. The summed E-state index contributed by atoms with van der Waals surface area (Å²) in [5, 5.41) is 0. The molecule has 0 N–H and O–H groups in total. The summed E-state index contributed by atoms with van der Waals surface area (Å²) < 4.78 is 32.8. The number of rotatable bonds is 17. The van der Waals surface area contributed by atoms with E-state index in [2.05, 4.69) is 18.7 Å². The second-order valence-electron chi connectivity index (χ2n) is 8.70. The van der Waals surface area contributed by atoms with E-state index in [0.717, 1.165) is 23.8 Å². The van der Waals surface area contributed by atoms with Gasteiger partial charge in [-0.2, -0.15) is 0 Å². The summed E-state index contributed by atoms with van der Waals surface area (Å²) in [4.78, 5) is 2.60. The van der Waals surface area contributed by atoms with Crippen LogP contribution in [0.4, 0.5) is 8.78 Å². The van der Waals surface area contributed by atoms with Crippen molar-refractivity contribution in [2.24, 2.45) is 0 Å². The normalized spacial score (nSPS) is 11.3. The molecule has 0 aromatic heterocycles. The molecule has 0 heterocycles. The van der Waals surface area contributed by atoms with Crippen LogP contribution < -0.4 is 4.74 Å². The molecule has 0 atom stereocenters. The number of hydrogen-bond donors (Lipinski definition) is 0. The van der Waals surface area contributed by atoms with Gasteiger partial charge in [-0.05, 0) is 80.7 Å². The van der Waals surface area contributed by atoms with Gasteiger partial charge in [-0.3, -0.25) is 0 Å². The van der Waals surface area contributed by atoms with Crippen molar-refractivity contribution < 1.29 is 13.5 Å². The second-order valence-corrected chi connectivity index (χ2v) is 8.70. The van der Waals surface area contributed by atoms with Crippen LogP contribution in [-0.2, 0) is 0 Å². The van der Waals surface area contributed by atoms with Crippen molar-refractivity contribution in [2.75, 3.05) is 26.2 Å². The maximum Gasteiger partial charge on any atom is 0.126 e. The first kappa shape index (κ1) is 26.3. The number of hydrogen-bond acceptors (Lipinski definition) is 2. The van der Waals surface area contributed by atoms with E-state index in [4.69, 9.17) is 4.74 Å². The Labute approximate surface area is 194 Å². The van der Waals surface area contributed by atoms with Crippen molar-refractivity contribution in [1.29, 1.82) is 0 Å². The fourth-order valence-electron chi connectivity index (χ4n) is 4.14. The van der Waals surface area contributed by atoms with Crippen LogP contribution >= 0.6 is 0 Å². The maximum atomic E-state index is 13.5. The molecule has 0 saturated carbocycles. The number of unbranched alkanes of at least 4 members (excludes halogenated alkanes) is 7. The Kier molecular flexibility index (Phi) is 13.0. The summed E-state index contributed by atoms with van der Waals surface area (Å²) in [6.07, 6.45) is 12.6. The summed E-state index contributed by atoms with van der Waals surface area (Å²) in [5.74, 6) is -0.394. The molecule has 0 bridgehead atoms. The van der Waals surface area contributed by atoms with Crippen LogP contribution in [-0.4, -0.2) is 31.1 Å². The number of benzene rings is 2. The molecule has 2 aromatic rings. The van der Waals surface area contributed by atoms with Crippen LogP contribution in [0.15, 0.2) is 42.5 Å². The minimum atomic E-state index is -0.568. The van der Waals surface area contributed by atoms with E-state index in [-0.39, 0.29) is 0 Å². The van der Waals surface area contributed by atoms with Gasteiger partial charge in [-0.15, -0.1) is 0 Å². The minimum absolute atomic E-state index is 0.524. The van der Waals surface area contributed by atoms with Gasteiger partial charge in [-0.25, -0.2) is 8.78 Å². The maximum absolute atomic E-state index is 13.5. The third-order valence-corrected chi connectivity index (χ3v) is 5.75. The molecular weight excluding hydrogens is 404 g/mol. The van der Waals surface area contributed by atoms with Crippen LogP contribution in [0.5, 0.6) is 5.75 Å². The topological polar surface area (TPSA) is 12.5 Å². The monoisotopic (exact) mass is 445 g/mol. The predicted octanol–water partition coefficient (Wildman–Crippen LogP) is 8.25. The van der Waals surface area contributed by atoms with E-state index in [0.29, 0.717) is 12.2 Å². The van der Waals surface area contributed by atoms with Gasteiger partial charge in [0.2, 0.25) is 0 Å². The highest BCUT2D eigenvalue weighted by molar-refractivity contribution is 5.65. The lowest BCUT2D eigenvalue weighted by atomic mass is 10.1. The summed E-state index contributed by atoms with van der Waals surface area (Å²) in [7, 11) is 0. The molecule has 0 saturated heterocycles. The fraction of sp³-hybridized carbons (Fsp3) is 0.571. The molecule has 0 aliphatic carbocycles. The SMILES string of the molecule is CCCN(CCC)CCCCCCCCCCOc1cccc(-c2cc(F)cc(F)c2)c1. The van der Waals surface area contributed by atoms with Crippen molar-refractivity contribution >= 4 is 0 Å². The van der Waals surface area contributed by atoms with Gasteiger partial charge in [0.05, 0.1) is 6.61 Å². The third kappa shape index (κ3) is 10.6. The molecule has 2 rings (SSSR count). The molecule has 2 nitrogen and oxygen atoms in total. The van der Waals surface area contributed by atoms with Gasteiger partial charge in [-0.1, -0.05) is 64.5 Å². The zero-order chi connectivity index (χ0) is 23.0. The lowest BCUT2D eigenvalue weighted by Crippen LogP contribution is -2.26. The highest BCUT2D eigenvalue weighted by Gasteiger charge is 2.05. The molecule has 32 heavy (non-hydrogen) atoms. The van der Waals surface area contributed by atoms with Crippen LogP contribution in [0, 0.1) is 11.6 Å².